The highest BCUT2D eigenvalue weighted by atomic mass is 16.5. The Morgan fingerprint density at radius 3 is 2.71 bits per heavy atom. The number of aromatic nitrogens is 1. The molecule has 2 aromatic rings. The third-order valence-corrected chi connectivity index (χ3v) is 8.18. The van der Waals surface area contributed by atoms with E-state index < -0.39 is 12.0 Å². The highest BCUT2D eigenvalue weighted by molar-refractivity contribution is 5.83. The molecule has 0 radical (unpaired) electrons. The fourth-order valence-corrected chi connectivity index (χ4v) is 5.54. The highest BCUT2D eigenvalue weighted by Gasteiger charge is 2.31. The van der Waals surface area contributed by atoms with Gasteiger partial charge in [-0.25, -0.2) is 9.78 Å². The van der Waals surface area contributed by atoms with Crippen LogP contribution in [0.3, 0.4) is 0 Å². The molecule has 4 rings (SSSR count). The lowest BCUT2D eigenvalue weighted by molar-refractivity contribution is -0.142. The lowest BCUT2D eigenvalue weighted by atomic mass is 9.79. The zero-order chi connectivity index (χ0) is 28.9. The number of amides is 1. The molecule has 224 valence electrons. The number of rotatable bonds is 16. The number of carbonyl (C=O) groups is 2. The molecule has 1 amide bonds. The maximum absolute atomic E-state index is 12.8. The second-order valence-corrected chi connectivity index (χ2v) is 11.6. The number of pyridine rings is 1. The van der Waals surface area contributed by atoms with Gasteiger partial charge in [-0.15, -0.1) is 0 Å². The van der Waals surface area contributed by atoms with Gasteiger partial charge in [-0.3, -0.25) is 9.69 Å². The van der Waals surface area contributed by atoms with E-state index >= 15 is 0 Å². The second kappa shape index (κ2) is 15.7. The number of aryl methyl sites for hydroxylation is 2. The number of para-hydroxylation sites is 1. The Balaban J connectivity index is 1.27. The summed E-state index contributed by atoms with van der Waals surface area (Å²) in [4.78, 5) is 31.9. The minimum Gasteiger partial charge on any atom is -0.492 e. The van der Waals surface area contributed by atoms with Gasteiger partial charge in [-0.1, -0.05) is 31.2 Å². The molecule has 9 heteroatoms. The molecular weight excluding hydrogens is 520 g/mol. The highest BCUT2D eigenvalue weighted by Crippen LogP contribution is 2.33. The second-order valence-electron chi connectivity index (χ2n) is 11.6. The molecule has 3 N–H and O–H groups in total. The first kappa shape index (κ1) is 30.8. The number of nitrogens with zero attached hydrogens (tertiary/aromatic N) is 2. The number of nitrogens with one attached hydrogen (secondary N) is 2. The van der Waals surface area contributed by atoms with Crippen molar-refractivity contribution in [1.29, 1.82) is 0 Å². The van der Waals surface area contributed by atoms with Crippen LogP contribution in [-0.2, 0) is 27.2 Å². The quantitative estimate of drug-likeness (QED) is 0.258. The van der Waals surface area contributed by atoms with Crippen LogP contribution in [0.2, 0.25) is 0 Å². The summed E-state index contributed by atoms with van der Waals surface area (Å²) in [5, 5.41) is 16.1. The van der Waals surface area contributed by atoms with Crippen molar-refractivity contribution in [2.24, 2.45) is 5.41 Å². The van der Waals surface area contributed by atoms with E-state index in [-0.39, 0.29) is 11.3 Å². The maximum Gasteiger partial charge on any atom is 0.326 e. The van der Waals surface area contributed by atoms with Crippen molar-refractivity contribution < 1.29 is 24.2 Å². The fourth-order valence-electron chi connectivity index (χ4n) is 5.54. The topological polar surface area (TPSA) is 113 Å². The predicted octanol–water partition coefficient (Wildman–Crippen LogP) is 4.31. The van der Waals surface area contributed by atoms with E-state index in [2.05, 4.69) is 34.6 Å². The molecule has 1 atom stereocenters. The van der Waals surface area contributed by atoms with Crippen LogP contribution < -0.4 is 15.4 Å². The van der Waals surface area contributed by atoms with Crippen LogP contribution in [0, 0.1) is 5.41 Å². The molecule has 0 spiro atoms. The van der Waals surface area contributed by atoms with Crippen LogP contribution in [0.5, 0.6) is 5.75 Å². The Morgan fingerprint density at radius 2 is 1.93 bits per heavy atom. The molecule has 1 aromatic heterocycles. The molecule has 0 bridgehead atoms. The third-order valence-electron chi connectivity index (χ3n) is 8.18. The smallest absolute Gasteiger partial charge is 0.326 e. The number of ether oxygens (including phenoxy) is 2. The summed E-state index contributed by atoms with van der Waals surface area (Å²) in [6.45, 7) is 6.91. The average Bonchev–Trinajstić information content (AvgIpc) is 2.97. The summed E-state index contributed by atoms with van der Waals surface area (Å²) in [7, 11) is 0. The largest absolute Gasteiger partial charge is 0.492 e. The van der Waals surface area contributed by atoms with E-state index in [0.717, 1.165) is 75.3 Å². The molecule has 0 saturated carbocycles. The maximum atomic E-state index is 12.8. The zero-order valence-corrected chi connectivity index (χ0v) is 24.4. The summed E-state index contributed by atoms with van der Waals surface area (Å²) in [6, 6.07) is 13.1. The van der Waals surface area contributed by atoms with Crippen LogP contribution in [0.4, 0.5) is 5.82 Å². The van der Waals surface area contributed by atoms with Gasteiger partial charge in [0.1, 0.15) is 24.2 Å². The van der Waals surface area contributed by atoms with Crippen LogP contribution >= 0.6 is 0 Å². The molecule has 1 saturated heterocycles. The number of carboxylic acid groups (broad SMARTS) is 1. The summed E-state index contributed by atoms with van der Waals surface area (Å²) in [5.74, 6) is 0.647. The molecule has 41 heavy (non-hydrogen) atoms. The standard InChI is InChI=1S/C32H46N4O5/c1-32(15-21-40-22-16-32)24-29(37)35-28(31(38)39)14-19-36(20-23-41-27-10-3-2-4-11-27)18-6-5-9-26-13-12-25-8-7-17-33-30(25)34-26/h2-4,10-13,28H,5-9,14-24H2,1H3,(H,33,34)(H,35,37)(H,38,39). The zero-order valence-electron chi connectivity index (χ0n) is 24.4. The minimum atomic E-state index is -0.997. The average molecular weight is 567 g/mol. The minimum absolute atomic E-state index is 0.144. The fraction of sp³-hybridized carbons (Fsp3) is 0.594. The first-order valence-corrected chi connectivity index (χ1v) is 15.1. The molecule has 2 aliphatic heterocycles. The van der Waals surface area contributed by atoms with Crippen molar-refractivity contribution in [2.45, 2.75) is 70.8 Å². The Morgan fingerprint density at radius 1 is 1.12 bits per heavy atom. The van der Waals surface area contributed by atoms with Crippen molar-refractivity contribution in [3.8, 4) is 5.75 Å². The van der Waals surface area contributed by atoms with Gasteiger partial charge in [0.15, 0.2) is 0 Å². The van der Waals surface area contributed by atoms with Gasteiger partial charge >= 0.3 is 5.97 Å². The molecule has 3 heterocycles. The van der Waals surface area contributed by atoms with Crippen LogP contribution in [0.25, 0.3) is 0 Å². The molecular formula is C32H46N4O5. The number of carboxylic acids is 1. The molecule has 1 aromatic carbocycles. The van der Waals surface area contributed by atoms with E-state index in [1.54, 1.807) is 0 Å². The molecule has 0 aliphatic carbocycles. The Bertz CT molecular complexity index is 1110. The van der Waals surface area contributed by atoms with Crippen molar-refractivity contribution in [2.75, 3.05) is 51.3 Å². The Kier molecular flexibility index (Phi) is 11.8. The predicted molar refractivity (Wildman–Crippen MR) is 159 cm³/mol. The van der Waals surface area contributed by atoms with Crippen LogP contribution in [0.1, 0.15) is 63.1 Å². The summed E-state index contributed by atoms with van der Waals surface area (Å²) >= 11 is 0. The SMILES string of the molecule is CC1(CC(=O)NC(CCN(CCCCc2ccc3c(n2)NCCC3)CCOc2ccccc2)C(=O)O)CCOCC1. The monoisotopic (exact) mass is 566 g/mol. The van der Waals surface area contributed by atoms with E-state index in [0.29, 0.717) is 45.8 Å². The number of benzene rings is 1. The molecule has 1 fully saturated rings. The van der Waals surface area contributed by atoms with E-state index in [1.165, 1.54) is 5.56 Å². The number of aliphatic carboxylic acids is 1. The van der Waals surface area contributed by atoms with E-state index in [1.807, 2.05) is 30.3 Å². The molecule has 1 unspecified atom stereocenters. The molecule has 9 nitrogen and oxygen atoms in total. The van der Waals surface area contributed by atoms with Crippen LogP contribution in [-0.4, -0.2) is 78.9 Å². The van der Waals surface area contributed by atoms with Gasteiger partial charge in [-0.2, -0.15) is 0 Å². The van der Waals surface area contributed by atoms with E-state index in [9.17, 15) is 14.7 Å². The first-order chi connectivity index (χ1) is 19.9. The van der Waals surface area contributed by atoms with Crippen molar-refractivity contribution in [3.63, 3.8) is 0 Å². The van der Waals surface area contributed by atoms with Gasteiger partial charge < -0.3 is 25.2 Å². The van der Waals surface area contributed by atoms with Crippen molar-refractivity contribution in [3.05, 3.63) is 53.7 Å². The van der Waals surface area contributed by atoms with Gasteiger partial charge in [0.25, 0.3) is 0 Å². The Labute approximate surface area is 244 Å². The number of hydrogen-bond donors (Lipinski definition) is 3. The van der Waals surface area contributed by atoms with Crippen LogP contribution in [0.15, 0.2) is 42.5 Å². The third kappa shape index (κ3) is 10.3. The van der Waals surface area contributed by atoms with Gasteiger partial charge in [0, 0.05) is 45.0 Å². The lowest BCUT2D eigenvalue weighted by Gasteiger charge is -2.33. The number of unbranched alkanes of at least 4 members (excludes halogenated alkanes) is 1. The van der Waals surface area contributed by atoms with Gasteiger partial charge in [-0.05, 0) is 87.1 Å². The Hall–Kier alpha value is -3.17. The van der Waals surface area contributed by atoms with Gasteiger partial charge in [0.2, 0.25) is 5.91 Å². The molecule has 2 aliphatic rings. The van der Waals surface area contributed by atoms with Crippen molar-refractivity contribution in [1.82, 2.24) is 15.2 Å². The normalized spacial score (nSPS) is 16.8. The van der Waals surface area contributed by atoms with E-state index in [4.69, 9.17) is 14.5 Å². The number of carbonyl (C=O) groups excluding carboxylic acids is 1. The van der Waals surface area contributed by atoms with Crippen molar-refractivity contribution >= 4 is 17.7 Å². The number of fused-ring (bicyclic) bond motifs is 1. The lowest BCUT2D eigenvalue weighted by Crippen LogP contribution is -2.45. The summed E-state index contributed by atoms with van der Waals surface area (Å²) in [6.07, 6.45) is 7.37. The summed E-state index contributed by atoms with van der Waals surface area (Å²) < 4.78 is 11.4. The van der Waals surface area contributed by atoms with Gasteiger partial charge in [0.05, 0.1) is 0 Å². The first-order valence-electron chi connectivity index (χ1n) is 15.1. The number of anilines is 1. The summed E-state index contributed by atoms with van der Waals surface area (Å²) in [5.41, 5.74) is 2.25. The number of hydrogen-bond acceptors (Lipinski definition) is 7.